The second-order valence-corrected chi connectivity index (χ2v) is 9.85. The normalized spacial score (nSPS) is 22.8. The molecule has 1 saturated heterocycles. The van der Waals surface area contributed by atoms with E-state index in [1.165, 1.54) is 0 Å². The van der Waals surface area contributed by atoms with Crippen molar-refractivity contribution in [2.24, 2.45) is 5.92 Å². The molecule has 31 heavy (non-hydrogen) atoms. The van der Waals surface area contributed by atoms with Crippen LogP contribution >= 0.6 is 11.6 Å². The summed E-state index contributed by atoms with van der Waals surface area (Å²) in [6, 6.07) is 7.34. The first kappa shape index (κ1) is 23.8. The molecular formula is C23H35ClN4O3. The highest BCUT2D eigenvalue weighted by Crippen LogP contribution is 2.26. The minimum Gasteiger partial charge on any atom is -0.389 e. The molecule has 0 radical (unpaired) electrons. The van der Waals surface area contributed by atoms with Crippen LogP contribution in [0.1, 0.15) is 45.1 Å². The number of nitrogens with one attached hydrogen (secondary N) is 2. The van der Waals surface area contributed by atoms with Gasteiger partial charge < -0.3 is 20.6 Å². The van der Waals surface area contributed by atoms with Crippen molar-refractivity contribution in [3.63, 3.8) is 0 Å². The maximum atomic E-state index is 12.9. The molecule has 1 saturated carbocycles. The summed E-state index contributed by atoms with van der Waals surface area (Å²) in [6.07, 6.45) is 3.27. The zero-order chi connectivity index (χ0) is 22.4. The van der Waals surface area contributed by atoms with Gasteiger partial charge in [-0.05, 0) is 57.2 Å². The Morgan fingerprint density at radius 1 is 1.06 bits per heavy atom. The largest absolute Gasteiger partial charge is 0.389 e. The van der Waals surface area contributed by atoms with Crippen molar-refractivity contribution in [3.05, 3.63) is 34.9 Å². The first-order chi connectivity index (χ1) is 14.7. The Hall–Kier alpha value is -1.83. The van der Waals surface area contributed by atoms with Gasteiger partial charge in [-0.15, -0.1) is 0 Å². The molecule has 3 amide bonds. The van der Waals surface area contributed by atoms with E-state index in [2.05, 4.69) is 15.5 Å². The van der Waals surface area contributed by atoms with E-state index in [1.54, 1.807) is 0 Å². The number of halogens is 1. The van der Waals surface area contributed by atoms with E-state index >= 15 is 0 Å². The third-order valence-electron chi connectivity index (χ3n) is 6.07. The van der Waals surface area contributed by atoms with Crippen LogP contribution in [0.15, 0.2) is 24.3 Å². The highest BCUT2D eigenvalue weighted by Gasteiger charge is 2.32. The Morgan fingerprint density at radius 2 is 1.68 bits per heavy atom. The van der Waals surface area contributed by atoms with E-state index in [0.717, 1.165) is 57.4 Å². The number of amides is 3. The third-order valence-corrected chi connectivity index (χ3v) is 6.32. The zero-order valence-electron chi connectivity index (χ0n) is 18.6. The van der Waals surface area contributed by atoms with Gasteiger partial charge in [0.2, 0.25) is 5.91 Å². The maximum absolute atomic E-state index is 12.9. The van der Waals surface area contributed by atoms with Gasteiger partial charge in [0.1, 0.15) is 0 Å². The predicted molar refractivity (Wildman–Crippen MR) is 122 cm³/mol. The van der Waals surface area contributed by atoms with Gasteiger partial charge >= 0.3 is 6.03 Å². The average Bonchev–Trinajstić information content (AvgIpc) is 2.73. The van der Waals surface area contributed by atoms with Crippen molar-refractivity contribution in [2.75, 3.05) is 32.7 Å². The summed E-state index contributed by atoms with van der Waals surface area (Å²) in [5.74, 6) is 0.296. The lowest BCUT2D eigenvalue weighted by Crippen LogP contribution is -2.53. The Balaban J connectivity index is 1.35. The fraction of sp³-hybridized carbons (Fsp3) is 0.652. The Labute approximate surface area is 190 Å². The third kappa shape index (κ3) is 7.66. The van der Waals surface area contributed by atoms with Crippen molar-refractivity contribution >= 4 is 23.5 Å². The van der Waals surface area contributed by atoms with Crippen LogP contribution in [0.25, 0.3) is 0 Å². The topological polar surface area (TPSA) is 84.9 Å². The number of β-amino-alcohol motifs (C(OH)–C–C–N with tert-alkyl or cyclic N) is 1. The summed E-state index contributed by atoms with van der Waals surface area (Å²) in [6.45, 7) is 7.77. The molecular weight excluding hydrogens is 416 g/mol. The molecule has 1 heterocycles. The first-order valence-electron chi connectivity index (χ1n) is 11.2. The smallest absolute Gasteiger partial charge is 0.315 e. The van der Waals surface area contributed by atoms with Crippen LogP contribution in [0, 0.1) is 5.92 Å². The molecule has 3 N–H and O–H groups in total. The van der Waals surface area contributed by atoms with Crippen molar-refractivity contribution < 1.29 is 14.7 Å². The molecule has 2 fully saturated rings. The minimum absolute atomic E-state index is 0.0519. The van der Waals surface area contributed by atoms with Crippen molar-refractivity contribution in [2.45, 2.75) is 57.7 Å². The SMILES string of the molecule is CC(C)(O)CN1CCN(C(=O)C2CCC(NC(=O)NCc3ccc(Cl)cc3)CC2)CC1. The van der Waals surface area contributed by atoms with E-state index in [4.69, 9.17) is 11.6 Å². The van der Waals surface area contributed by atoms with E-state index < -0.39 is 5.60 Å². The monoisotopic (exact) mass is 450 g/mol. The second-order valence-electron chi connectivity index (χ2n) is 9.42. The predicted octanol–water partition coefficient (Wildman–Crippen LogP) is 2.61. The highest BCUT2D eigenvalue weighted by atomic mass is 35.5. The highest BCUT2D eigenvalue weighted by molar-refractivity contribution is 6.30. The van der Waals surface area contributed by atoms with E-state index in [-0.39, 0.29) is 23.9 Å². The second kappa shape index (κ2) is 10.7. The molecule has 3 rings (SSSR count). The number of carbonyl (C=O) groups is 2. The van der Waals surface area contributed by atoms with E-state index in [1.807, 2.05) is 43.0 Å². The van der Waals surface area contributed by atoms with Crippen LogP contribution in [-0.2, 0) is 11.3 Å². The summed E-state index contributed by atoms with van der Waals surface area (Å²) < 4.78 is 0. The Bertz CT molecular complexity index is 734. The lowest BCUT2D eigenvalue weighted by atomic mass is 9.85. The zero-order valence-corrected chi connectivity index (χ0v) is 19.3. The van der Waals surface area contributed by atoms with Gasteiger partial charge in [-0.2, -0.15) is 0 Å². The fourth-order valence-corrected chi connectivity index (χ4v) is 4.56. The molecule has 0 spiro atoms. The summed E-state index contributed by atoms with van der Waals surface area (Å²) in [5, 5.41) is 16.6. The van der Waals surface area contributed by atoms with Crippen LogP contribution in [0.4, 0.5) is 4.79 Å². The van der Waals surface area contributed by atoms with Crippen LogP contribution in [0.2, 0.25) is 5.02 Å². The van der Waals surface area contributed by atoms with Gasteiger partial charge in [0.25, 0.3) is 0 Å². The number of aliphatic hydroxyl groups is 1. The van der Waals surface area contributed by atoms with Gasteiger partial charge in [0.05, 0.1) is 5.60 Å². The molecule has 0 unspecified atom stereocenters. The molecule has 8 heteroatoms. The summed E-state index contributed by atoms with van der Waals surface area (Å²) >= 11 is 5.88. The Morgan fingerprint density at radius 3 is 2.26 bits per heavy atom. The average molecular weight is 451 g/mol. The first-order valence-corrected chi connectivity index (χ1v) is 11.6. The summed E-state index contributed by atoms with van der Waals surface area (Å²) in [7, 11) is 0. The van der Waals surface area contributed by atoms with Crippen LogP contribution in [-0.4, -0.2) is 71.2 Å². The number of urea groups is 1. The molecule has 1 aliphatic heterocycles. The lowest BCUT2D eigenvalue weighted by molar-refractivity contribution is -0.138. The fourth-order valence-electron chi connectivity index (χ4n) is 4.44. The van der Waals surface area contributed by atoms with Gasteiger partial charge in [0, 0.05) is 56.3 Å². The van der Waals surface area contributed by atoms with Crippen molar-refractivity contribution in [1.82, 2.24) is 20.4 Å². The number of hydrogen-bond acceptors (Lipinski definition) is 4. The van der Waals surface area contributed by atoms with E-state index in [9.17, 15) is 14.7 Å². The lowest BCUT2D eigenvalue weighted by Gasteiger charge is -2.39. The Kier molecular flexibility index (Phi) is 8.19. The quantitative estimate of drug-likeness (QED) is 0.622. The van der Waals surface area contributed by atoms with Crippen LogP contribution in [0.3, 0.4) is 0 Å². The van der Waals surface area contributed by atoms with Gasteiger partial charge in [-0.1, -0.05) is 23.7 Å². The molecule has 1 aromatic carbocycles. The summed E-state index contributed by atoms with van der Waals surface area (Å²) in [5.41, 5.74) is 0.287. The number of piperazine rings is 1. The van der Waals surface area contributed by atoms with Gasteiger partial charge in [-0.3, -0.25) is 9.69 Å². The molecule has 2 aliphatic rings. The van der Waals surface area contributed by atoms with Crippen LogP contribution in [0.5, 0.6) is 0 Å². The number of benzene rings is 1. The number of carbonyl (C=O) groups excluding carboxylic acids is 2. The number of hydrogen-bond donors (Lipinski definition) is 3. The van der Waals surface area contributed by atoms with E-state index in [0.29, 0.717) is 18.1 Å². The summed E-state index contributed by atoms with van der Waals surface area (Å²) in [4.78, 5) is 29.3. The molecule has 1 aliphatic carbocycles. The number of rotatable bonds is 6. The molecule has 0 atom stereocenters. The van der Waals surface area contributed by atoms with Gasteiger partial charge in [0.15, 0.2) is 0 Å². The van der Waals surface area contributed by atoms with Gasteiger partial charge in [-0.25, -0.2) is 4.79 Å². The van der Waals surface area contributed by atoms with Crippen molar-refractivity contribution in [3.8, 4) is 0 Å². The molecule has 7 nitrogen and oxygen atoms in total. The van der Waals surface area contributed by atoms with Crippen LogP contribution < -0.4 is 10.6 Å². The molecule has 172 valence electrons. The molecule has 0 bridgehead atoms. The maximum Gasteiger partial charge on any atom is 0.315 e. The number of nitrogens with zero attached hydrogens (tertiary/aromatic N) is 2. The molecule has 0 aromatic heterocycles. The minimum atomic E-state index is -0.710. The molecule has 1 aromatic rings. The van der Waals surface area contributed by atoms with Crippen molar-refractivity contribution in [1.29, 1.82) is 0 Å². The standard InChI is InChI=1S/C23H35ClN4O3/c1-23(2,31)16-27-11-13-28(14-12-27)21(29)18-5-9-20(10-6-18)26-22(30)25-15-17-3-7-19(24)8-4-17/h3-4,7-8,18,20,31H,5-6,9-16H2,1-2H3,(H2,25,26,30).